The molecule has 0 aliphatic carbocycles. The van der Waals surface area contributed by atoms with Crippen molar-refractivity contribution in [3.63, 3.8) is 0 Å². The van der Waals surface area contributed by atoms with E-state index < -0.39 is 19.7 Å². The van der Waals surface area contributed by atoms with Crippen LogP contribution in [-0.2, 0) is 19.7 Å². The van der Waals surface area contributed by atoms with Gasteiger partial charge in [-0.2, -0.15) is 0 Å². The second kappa shape index (κ2) is 13.2. The first-order valence-corrected chi connectivity index (χ1v) is 21.4. The van der Waals surface area contributed by atoms with Gasteiger partial charge in [-0.05, 0) is 111 Å². The predicted molar refractivity (Wildman–Crippen MR) is 226 cm³/mol. The number of fused-ring (bicyclic) bond motifs is 5. The van der Waals surface area contributed by atoms with Gasteiger partial charge < -0.3 is 0 Å². The maximum atomic E-state index is 14.7. The average Bonchev–Trinajstić information content (AvgIpc) is 3.70. The molecule has 0 radical (unpaired) electrons. The van der Waals surface area contributed by atoms with E-state index in [9.17, 15) is 16.8 Å². The number of nitrogens with zero attached hydrogens (tertiary/aromatic N) is 2. The fraction of sp³-hybridized carbons (Fsp3) is 0.0833. The number of hydrogen-bond donors (Lipinski definition) is 0. The zero-order chi connectivity index (χ0) is 38.9. The average molecular weight is 771 g/mol. The highest BCUT2D eigenvalue weighted by Gasteiger charge is 2.30. The van der Waals surface area contributed by atoms with Gasteiger partial charge in [-0.15, -0.1) is 0 Å². The van der Waals surface area contributed by atoms with Crippen LogP contribution in [-0.4, -0.2) is 26.0 Å². The predicted octanol–water partition coefficient (Wildman–Crippen LogP) is 11.3. The van der Waals surface area contributed by atoms with Gasteiger partial charge in [0.15, 0.2) is 0 Å². The molecule has 9 aromatic rings. The molecule has 0 fully saturated rings. The Morgan fingerprint density at radius 2 is 0.929 bits per heavy atom. The molecule has 0 atom stereocenters. The largest absolute Gasteiger partial charge is 0.294 e. The summed E-state index contributed by atoms with van der Waals surface area (Å²) in [5, 5.41) is 2.77. The van der Waals surface area contributed by atoms with E-state index in [0.717, 1.165) is 66.3 Å². The van der Waals surface area contributed by atoms with Crippen LogP contribution in [0.25, 0.3) is 55.3 Å². The lowest BCUT2D eigenvalue weighted by molar-refractivity contribution is 0.594. The highest BCUT2D eigenvalue weighted by atomic mass is 32.2. The van der Waals surface area contributed by atoms with Crippen LogP contribution < -0.4 is 0 Å². The summed E-state index contributed by atoms with van der Waals surface area (Å²) in [6.07, 6.45) is 0. The quantitative estimate of drug-likeness (QED) is 0.162. The molecule has 8 heteroatoms. The van der Waals surface area contributed by atoms with Gasteiger partial charge in [0.25, 0.3) is 0 Å². The molecule has 56 heavy (non-hydrogen) atoms. The lowest BCUT2D eigenvalue weighted by Crippen LogP contribution is -2.10. The first-order valence-electron chi connectivity index (χ1n) is 18.4. The normalized spacial score (nSPS) is 12.2. The second-order valence-corrected chi connectivity index (χ2v) is 18.4. The van der Waals surface area contributed by atoms with Gasteiger partial charge in [0.1, 0.15) is 5.65 Å². The van der Waals surface area contributed by atoms with Gasteiger partial charge in [-0.1, -0.05) is 97.1 Å². The molecule has 0 N–H and O–H groups in total. The van der Waals surface area contributed by atoms with Crippen molar-refractivity contribution in [2.45, 2.75) is 47.3 Å². The summed E-state index contributed by atoms with van der Waals surface area (Å²) >= 11 is 0. The summed E-state index contributed by atoms with van der Waals surface area (Å²) < 4.78 is 62.8. The van der Waals surface area contributed by atoms with Gasteiger partial charge >= 0.3 is 0 Å². The number of benzene rings is 7. The van der Waals surface area contributed by atoms with Crippen molar-refractivity contribution >= 4 is 52.5 Å². The van der Waals surface area contributed by atoms with E-state index in [1.807, 2.05) is 125 Å². The van der Waals surface area contributed by atoms with E-state index >= 15 is 0 Å². The minimum atomic E-state index is -3.99. The molecule has 0 bridgehead atoms. The fourth-order valence-electron chi connectivity index (χ4n) is 8.31. The first-order chi connectivity index (χ1) is 26.9. The van der Waals surface area contributed by atoms with Crippen molar-refractivity contribution < 1.29 is 16.8 Å². The second-order valence-electron chi connectivity index (χ2n) is 14.5. The summed E-state index contributed by atoms with van der Waals surface area (Å²) in [6.45, 7) is 7.62. The minimum Gasteiger partial charge on any atom is -0.294 e. The summed E-state index contributed by atoms with van der Waals surface area (Å²) in [4.78, 5) is 0.878. The van der Waals surface area contributed by atoms with E-state index in [0.29, 0.717) is 11.3 Å². The van der Waals surface area contributed by atoms with Crippen molar-refractivity contribution in [3.8, 4) is 22.5 Å². The molecule has 9 rings (SSSR count). The van der Waals surface area contributed by atoms with Crippen LogP contribution in [0.4, 0.5) is 0 Å². The number of rotatable bonds is 7. The molecular formula is C48H38N2O4S2. The van der Waals surface area contributed by atoms with Crippen LogP contribution in [0.2, 0.25) is 0 Å². The molecule has 2 aromatic heterocycles. The third-order valence-corrected chi connectivity index (χ3v) is 14.1. The standard InChI is InChI=1S/C48H38N2O4S2/c1-31-25-32(2)28-36(27-31)55(51,52)44-23-12-9-17-38(44)39-19-14-20-41-46-40-18-8-10-21-42(40)50(48(46)49(47(39)41)35-15-6-5-7-16-35)43-22-11-13-24-45(43)56(53,54)37-29-33(3)26-34(4)30-37/h5-30H,1-4H3. The summed E-state index contributed by atoms with van der Waals surface area (Å²) in [7, 11) is -7.94. The van der Waals surface area contributed by atoms with Crippen molar-refractivity contribution in [3.05, 3.63) is 180 Å². The van der Waals surface area contributed by atoms with Crippen LogP contribution in [0.1, 0.15) is 22.3 Å². The number of aromatic nitrogens is 2. The number of hydrogen-bond acceptors (Lipinski definition) is 4. The lowest BCUT2D eigenvalue weighted by atomic mass is 10.0. The first kappa shape index (κ1) is 35.5. The molecule has 0 unspecified atom stereocenters. The Balaban J connectivity index is 1.42. The third kappa shape index (κ3) is 5.59. The van der Waals surface area contributed by atoms with Crippen molar-refractivity contribution in [2.24, 2.45) is 0 Å². The van der Waals surface area contributed by atoms with Gasteiger partial charge in [0.2, 0.25) is 19.7 Å². The highest BCUT2D eigenvalue weighted by Crippen LogP contribution is 2.46. The van der Waals surface area contributed by atoms with Crippen LogP contribution >= 0.6 is 0 Å². The third-order valence-electron chi connectivity index (χ3n) is 10.5. The van der Waals surface area contributed by atoms with Gasteiger partial charge in [0, 0.05) is 33.0 Å². The molecule has 0 spiro atoms. The molecule has 6 nitrogen and oxygen atoms in total. The SMILES string of the molecule is Cc1cc(C)cc(S(=O)(=O)c2ccccc2-c2cccc3c4c5ccccc5n(-c5ccccc5S(=O)(=O)c5cc(C)cc(C)c5)c4n(-c4ccccc4)c23)c1. The molecule has 0 saturated carbocycles. The monoisotopic (exact) mass is 770 g/mol. The molecule has 0 amide bonds. The minimum absolute atomic E-state index is 0.183. The Hall–Kier alpha value is -6.22. The van der Waals surface area contributed by atoms with E-state index in [1.54, 1.807) is 48.5 Å². The summed E-state index contributed by atoms with van der Waals surface area (Å²) in [5.41, 5.74) is 8.55. The van der Waals surface area contributed by atoms with Crippen LogP contribution in [0.5, 0.6) is 0 Å². The zero-order valence-electron chi connectivity index (χ0n) is 31.4. The summed E-state index contributed by atoms with van der Waals surface area (Å²) in [5.74, 6) is 0. The molecule has 0 aliphatic heterocycles. The molecule has 276 valence electrons. The number of aryl methyl sites for hydroxylation is 4. The summed E-state index contributed by atoms with van der Waals surface area (Å²) in [6, 6.07) is 49.2. The lowest BCUT2D eigenvalue weighted by Gasteiger charge is -2.18. The van der Waals surface area contributed by atoms with E-state index in [-0.39, 0.29) is 19.6 Å². The Labute approximate surface area is 326 Å². The van der Waals surface area contributed by atoms with E-state index in [2.05, 4.69) is 21.3 Å². The van der Waals surface area contributed by atoms with E-state index in [1.165, 1.54) is 0 Å². The molecular weight excluding hydrogens is 733 g/mol. The zero-order valence-corrected chi connectivity index (χ0v) is 33.0. The fourth-order valence-corrected chi connectivity index (χ4v) is 11.6. The molecule has 2 heterocycles. The van der Waals surface area contributed by atoms with Crippen LogP contribution in [0, 0.1) is 27.7 Å². The maximum absolute atomic E-state index is 14.7. The maximum Gasteiger partial charge on any atom is 0.208 e. The van der Waals surface area contributed by atoms with Crippen molar-refractivity contribution in [1.82, 2.24) is 9.13 Å². The Kier molecular flexibility index (Phi) is 8.38. The van der Waals surface area contributed by atoms with Crippen molar-refractivity contribution in [2.75, 3.05) is 0 Å². The Morgan fingerprint density at radius 3 is 1.59 bits per heavy atom. The molecule has 0 saturated heterocycles. The van der Waals surface area contributed by atoms with Gasteiger partial charge in [-0.3, -0.25) is 9.13 Å². The Bertz CT molecular complexity index is 3230. The van der Waals surface area contributed by atoms with Crippen molar-refractivity contribution in [1.29, 1.82) is 0 Å². The smallest absolute Gasteiger partial charge is 0.208 e. The molecule has 0 aliphatic rings. The molecule has 7 aromatic carbocycles. The Morgan fingerprint density at radius 1 is 0.429 bits per heavy atom. The van der Waals surface area contributed by atoms with Gasteiger partial charge in [-0.25, -0.2) is 16.8 Å². The number of para-hydroxylation sites is 4. The van der Waals surface area contributed by atoms with Crippen LogP contribution in [0.15, 0.2) is 177 Å². The topological polar surface area (TPSA) is 78.1 Å². The van der Waals surface area contributed by atoms with Gasteiger partial charge in [0.05, 0.1) is 36.3 Å². The van der Waals surface area contributed by atoms with Crippen LogP contribution in [0.3, 0.4) is 0 Å². The van der Waals surface area contributed by atoms with E-state index in [4.69, 9.17) is 0 Å². The number of sulfone groups is 2. The highest BCUT2D eigenvalue weighted by molar-refractivity contribution is 7.92.